The Hall–Kier alpha value is -2.03. The molecule has 0 aliphatic carbocycles. The van der Waals surface area contributed by atoms with Crippen LogP contribution in [-0.2, 0) is 10.3 Å². The standard InChI is InChI=1S/C20H15ClO2/c21-15-8-6-14(7-9-15)20-11-12-22-19(20)18-16-4-2-1-3-13(16)5-10-17(18)23-20/h1-10,19H,11-12H2/t19-,20+/m1/s1. The summed E-state index contributed by atoms with van der Waals surface area (Å²) >= 11 is 6.05. The Kier molecular flexibility index (Phi) is 2.76. The quantitative estimate of drug-likeness (QED) is 0.609. The van der Waals surface area contributed by atoms with Crippen LogP contribution in [0, 0.1) is 0 Å². The van der Waals surface area contributed by atoms with Gasteiger partial charge in [0.05, 0.1) is 6.61 Å². The molecule has 1 fully saturated rings. The van der Waals surface area contributed by atoms with E-state index in [1.54, 1.807) is 0 Å². The molecule has 3 aromatic carbocycles. The van der Waals surface area contributed by atoms with Crippen LogP contribution in [0.2, 0.25) is 5.02 Å². The fraction of sp³-hybridized carbons (Fsp3) is 0.200. The number of halogens is 1. The summed E-state index contributed by atoms with van der Waals surface area (Å²) in [4.78, 5) is 0. The first-order valence-electron chi connectivity index (χ1n) is 7.86. The van der Waals surface area contributed by atoms with Crippen LogP contribution in [0.15, 0.2) is 60.7 Å². The number of hydrogen-bond donors (Lipinski definition) is 0. The van der Waals surface area contributed by atoms with Crippen molar-refractivity contribution in [3.05, 3.63) is 76.8 Å². The minimum absolute atomic E-state index is 0.0650. The maximum atomic E-state index is 6.48. The summed E-state index contributed by atoms with van der Waals surface area (Å²) in [5.41, 5.74) is 1.87. The van der Waals surface area contributed by atoms with E-state index in [0.717, 1.165) is 22.8 Å². The summed E-state index contributed by atoms with van der Waals surface area (Å²) in [6, 6.07) is 20.5. The second-order valence-electron chi connectivity index (χ2n) is 6.20. The SMILES string of the molecule is Clc1ccc([C@@]23CCO[C@@H]2c2c(ccc4ccccc24)O3)cc1. The van der Waals surface area contributed by atoms with Crippen molar-refractivity contribution in [3.8, 4) is 5.75 Å². The van der Waals surface area contributed by atoms with Gasteiger partial charge in [0.2, 0.25) is 0 Å². The molecule has 0 amide bonds. The molecule has 3 heteroatoms. The van der Waals surface area contributed by atoms with Crippen molar-refractivity contribution in [1.29, 1.82) is 0 Å². The highest BCUT2D eigenvalue weighted by molar-refractivity contribution is 6.30. The van der Waals surface area contributed by atoms with Gasteiger partial charge in [-0.1, -0.05) is 54.1 Å². The third-order valence-corrected chi connectivity index (χ3v) is 5.25. The van der Waals surface area contributed by atoms with E-state index in [1.165, 1.54) is 16.3 Å². The van der Waals surface area contributed by atoms with Gasteiger partial charge in [-0.05, 0) is 34.5 Å². The molecule has 0 radical (unpaired) electrons. The third-order valence-electron chi connectivity index (χ3n) is 5.00. The zero-order valence-corrected chi connectivity index (χ0v) is 13.2. The van der Waals surface area contributed by atoms with Crippen molar-refractivity contribution < 1.29 is 9.47 Å². The van der Waals surface area contributed by atoms with Gasteiger partial charge in [-0.3, -0.25) is 0 Å². The molecule has 23 heavy (non-hydrogen) atoms. The Morgan fingerprint density at radius 3 is 2.65 bits per heavy atom. The van der Waals surface area contributed by atoms with E-state index in [9.17, 15) is 0 Å². The van der Waals surface area contributed by atoms with Crippen LogP contribution in [0.1, 0.15) is 23.7 Å². The van der Waals surface area contributed by atoms with Crippen molar-refractivity contribution in [2.24, 2.45) is 0 Å². The molecule has 2 nitrogen and oxygen atoms in total. The van der Waals surface area contributed by atoms with Gasteiger partial charge in [0.1, 0.15) is 11.9 Å². The third kappa shape index (κ3) is 1.79. The molecule has 0 unspecified atom stereocenters. The molecule has 0 spiro atoms. The monoisotopic (exact) mass is 322 g/mol. The smallest absolute Gasteiger partial charge is 0.166 e. The van der Waals surface area contributed by atoms with Gasteiger partial charge in [0.15, 0.2) is 5.60 Å². The summed E-state index contributed by atoms with van der Waals surface area (Å²) in [7, 11) is 0. The van der Waals surface area contributed by atoms with Crippen LogP contribution in [0.5, 0.6) is 5.75 Å². The van der Waals surface area contributed by atoms with Gasteiger partial charge in [0, 0.05) is 17.0 Å². The summed E-state index contributed by atoms with van der Waals surface area (Å²) < 4.78 is 12.6. The topological polar surface area (TPSA) is 18.5 Å². The summed E-state index contributed by atoms with van der Waals surface area (Å²) in [5, 5.41) is 3.17. The zero-order valence-electron chi connectivity index (χ0n) is 12.5. The first-order chi connectivity index (χ1) is 11.3. The van der Waals surface area contributed by atoms with Crippen molar-refractivity contribution in [2.45, 2.75) is 18.1 Å². The molecule has 2 heterocycles. The van der Waals surface area contributed by atoms with Crippen molar-refractivity contribution in [1.82, 2.24) is 0 Å². The number of rotatable bonds is 1. The lowest BCUT2D eigenvalue weighted by Gasteiger charge is -2.28. The highest BCUT2D eigenvalue weighted by atomic mass is 35.5. The normalized spacial score (nSPS) is 25.2. The Labute approximate surface area is 139 Å². The van der Waals surface area contributed by atoms with Crippen LogP contribution in [0.4, 0.5) is 0 Å². The molecule has 0 bridgehead atoms. The molecule has 5 rings (SSSR count). The van der Waals surface area contributed by atoms with E-state index in [-0.39, 0.29) is 6.10 Å². The van der Waals surface area contributed by atoms with Crippen LogP contribution in [0.3, 0.4) is 0 Å². The number of ether oxygens (including phenoxy) is 2. The van der Waals surface area contributed by atoms with Crippen molar-refractivity contribution >= 4 is 22.4 Å². The molecule has 2 atom stereocenters. The predicted octanol–water partition coefficient (Wildman–Crippen LogP) is 5.24. The van der Waals surface area contributed by atoms with Gasteiger partial charge < -0.3 is 9.47 Å². The number of fused-ring (bicyclic) bond motifs is 5. The van der Waals surface area contributed by atoms with E-state index in [1.807, 2.05) is 12.1 Å². The summed E-state index contributed by atoms with van der Waals surface area (Å²) in [6.45, 7) is 0.704. The van der Waals surface area contributed by atoms with Crippen molar-refractivity contribution in [2.75, 3.05) is 6.61 Å². The largest absolute Gasteiger partial charge is 0.479 e. The average Bonchev–Trinajstić information content (AvgIpc) is 3.12. The van der Waals surface area contributed by atoms with Gasteiger partial charge >= 0.3 is 0 Å². The van der Waals surface area contributed by atoms with Crippen LogP contribution < -0.4 is 4.74 Å². The number of benzene rings is 3. The van der Waals surface area contributed by atoms with Crippen molar-refractivity contribution in [3.63, 3.8) is 0 Å². The fourth-order valence-corrected chi connectivity index (χ4v) is 4.06. The molecular formula is C20H15ClO2. The summed E-state index contributed by atoms with van der Waals surface area (Å²) in [6.07, 6.45) is 0.784. The highest BCUT2D eigenvalue weighted by Gasteiger charge is 2.54. The molecule has 114 valence electrons. The zero-order chi connectivity index (χ0) is 15.4. The number of hydrogen-bond acceptors (Lipinski definition) is 2. The maximum absolute atomic E-state index is 6.48. The minimum atomic E-state index is -0.433. The van der Waals surface area contributed by atoms with E-state index >= 15 is 0 Å². The second-order valence-corrected chi connectivity index (χ2v) is 6.63. The molecule has 2 aliphatic rings. The maximum Gasteiger partial charge on any atom is 0.166 e. The second kappa shape index (κ2) is 4.73. The lowest BCUT2D eigenvalue weighted by molar-refractivity contribution is 0.00712. The molecule has 0 aromatic heterocycles. The highest BCUT2D eigenvalue weighted by Crippen LogP contribution is 2.57. The van der Waals surface area contributed by atoms with Crippen LogP contribution in [-0.4, -0.2) is 6.61 Å². The Morgan fingerprint density at radius 2 is 1.78 bits per heavy atom. The lowest BCUT2D eigenvalue weighted by atomic mass is 9.84. The van der Waals surface area contributed by atoms with E-state index in [0.29, 0.717) is 6.61 Å². The Bertz CT molecular complexity index is 903. The summed E-state index contributed by atoms with van der Waals surface area (Å²) in [5.74, 6) is 0.934. The first-order valence-corrected chi connectivity index (χ1v) is 8.24. The van der Waals surface area contributed by atoms with Crippen LogP contribution >= 0.6 is 11.6 Å². The molecule has 2 aliphatic heterocycles. The van der Waals surface area contributed by atoms with E-state index in [4.69, 9.17) is 21.1 Å². The van der Waals surface area contributed by atoms with Crippen LogP contribution in [0.25, 0.3) is 10.8 Å². The Balaban J connectivity index is 1.73. The average molecular weight is 323 g/mol. The Morgan fingerprint density at radius 1 is 0.957 bits per heavy atom. The molecule has 0 N–H and O–H groups in total. The van der Waals surface area contributed by atoms with Gasteiger partial charge in [-0.25, -0.2) is 0 Å². The molecule has 1 saturated heterocycles. The molecular weight excluding hydrogens is 308 g/mol. The van der Waals surface area contributed by atoms with E-state index in [2.05, 4.69) is 48.5 Å². The van der Waals surface area contributed by atoms with E-state index < -0.39 is 5.60 Å². The minimum Gasteiger partial charge on any atom is -0.479 e. The van der Waals surface area contributed by atoms with Gasteiger partial charge in [-0.2, -0.15) is 0 Å². The predicted molar refractivity (Wildman–Crippen MR) is 91.0 cm³/mol. The molecule has 0 saturated carbocycles. The lowest BCUT2D eigenvalue weighted by Crippen LogP contribution is -2.31. The fourth-order valence-electron chi connectivity index (χ4n) is 3.93. The molecule has 3 aromatic rings. The van der Waals surface area contributed by atoms with Gasteiger partial charge in [-0.15, -0.1) is 0 Å². The first kappa shape index (κ1) is 13.4. The van der Waals surface area contributed by atoms with Gasteiger partial charge in [0.25, 0.3) is 0 Å².